The summed E-state index contributed by atoms with van der Waals surface area (Å²) in [5, 5.41) is 0. The van der Waals surface area contributed by atoms with E-state index in [0.717, 1.165) is 55.2 Å². The Balaban J connectivity index is 1.42. The van der Waals surface area contributed by atoms with E-state index in [4.69, 9.17) is 14.7 Å². The second-order valence-corrected chi connectivity index (χ2v) is 8.20. The molecule has 3 aromatic rings. The summed E-state index contributed by atoms with van der Waals surface area (Å²) in [6.07, 6.45) is 7.55. The molecule has 2 atom stereocenters. The molecule has 0 saturated carbocycles. The summed E-state index contributed by atoms with van der Waals surface area (Å²) in [5.41, 5.74) is 4.45. The molecule has 0 amide bonds. The number of nitrogens with zero attached hydrogens (tertiary/aromatic N) is 7. The summed E-state index contributed by atoms with van der Waals surface area (Å²) in [5.74, 6) is 2.18. The maximum Gasteiger partial charge on any atom is 0.197 e. The summed E-state index contributed by atoms with van der Waals surface area (Å²) in [4.78, 5) is 27.4. The zero-order valence-electron chi connectivity index (χ0n) is 18.2. The fourth-order valence-electron chi connectivity index (χ4n) is 4.53. The van der Waals surface area contributed by atoms with Crippen molar-refractivity contribution in [3.63, 3.8) is 0 Å². The molecule has 160 valence electrons. The van der Waals surface area contributed by atoms with Gasteiger partial charge >= 0.3 is 0 Å². The number of anilines is 2. The summed E-state index contributed by atoms with van der Waals surface area (Å²) in [6.45, 7) is 7.04. The van der Waals surface area contributed by atoms with Crippen molar-refractivity contribution in [3.8, 4) is 11.6 Å². The third-order valence-corrected chi connectivity index (χ3v) is 6.23. The number of pyridine rings is 1. The maximum absolute atomic E-state index is 5.53. The number of aryl methyl sites for hydroxylation is 1. The SMILES string of the molecule is COC1CCN(c2cc(N3CCc4nc(-c5ncccn5)ncc4C3C)cc(C)n2)C1. The first kappa shape index (κ1) is 19.8. The van der Waals surface area contributed by atoms with E-state index in [-0.39, 0.29) is 12.1 Å². The van der Waals surface area contributed by atoms with E-state index in [1.807, 2.05) is 6.20 Å². The molecule has 31 heavy (non-hydrogen) atoms. The van der Waals surface area contributed by atoms with Gasteiger partial charge in [-0.1, -0.05) is 0 Å². The Hall–Kier alpha value is -3.13. The normalized spacial score (nSPS) is 20.7. The van der Waals surface area contributed by atoms with Crippen molar-refractivity contribution in [3.05, 3.63) is 53.7 Å². The highest BCUT2D eigenvalue weighted by atomic mass is 16.5. The van der Waals surface area contributed by atoms with Crippen LogP contribution in [0.25, 0.3) is 11.6 Å². The van der Waals surface area contributed by atoms with Crippen molar-refractivity contribution in [2.24, 2.45) is 0 Å². The molecule has 0 radical (unpaired) electrons. The van der Waals surface area contributed by atoms with E-state index in [1.165, 1.54) is 5.69 Å². The van der Waals surface area contributed by atoms with Crippen molar-refractivity contribution in [1.29, 1.82) is 0 Å². The zero-order chi connectivity index (χ0) is 21.4. The highest BCUT2D eigenvalue weighted by molar-refractivity contribution is 5.59. The van der Waals surface area contributed by atoms with Gasteiger partial charge in [-0.25, -0.2) is 24.9 Å². The molecule has 0 N–H and O–H groups in total. The number of hydrogen-bond donors (Lipinski definition) is 0. The largest absolute Gasteiger partial charge is 0.380 e. The first-order valence-corrected chi connectivity index (χ1v) is 10.8. The number of rotatable bonds is 4. The molecule has 0 bridgehead atoms. The third kappa shape index (κ3) is 3.83. The van der Waals surface area contributed by atoms with Crippen LogP contribution in [0.15, 0.2) is 36.8 Å². The van der Waals surface area contributed by atoms with Crippen LogP contribution in [0.3, 0.4) is 0 Å². The van der Waals surface area contributed by atoms with Gasteiger partial charge in [0.05, 0.1) is 17.8 Å². The van der Waals surface area contributed by atoms with Gasteiger partial charge in [0, 0.05) is 74.8 Å². The minimum Gasteiger partial charge on any atom is -0.380 e. The van der Waals surface area contributed by atoms with E-state index in [9.17, 15) is 0 Å². The molecule has 0 spiro atoms. The summed E-state index contributed by atoms with van der Waals surface area (Å²) >= 11 is 0. The number of aromatic nitrogens is 5. The second-order valence-electron chi connectivity index (χ2n) is 8.20. The number of fused-ring (bicyclic) bond motifs is 1. The smallest absolute Gasteiger partial charge is 0.197 e. The molecular formula is C23H27N7O. The first-order chi connectivity index (χ1) is 15.1. The summed E-state index contributed by atoms with van der Waals surface area (Å²) < 4.78 is 5.53. The highest BCUT2D eigenvalue weighted by Crippen LogP contribution is 2.35. The van der Waals surface area contributed by atoms with Crippen molar-refractivity contribution in [2.45, 2.75) is 38.8 Å². The molecule has 2 unspecified atom stereocenters. The van der Waals surface area contributed by atoms with Crippen molar-refractivity contribution in [1.82, 2.24) is 24.9 Å². The molecular weight excluding hydrogens is 390 g/mol. The van der Waals surface area contributed by atoms with Gasteiger partial charge in [-0.3, -0.25) is 0 Å². The van der Waals surface area contributed by atoms with Crippen molar-refractivity contribution >= 4 is 11.5 Å². The summed E-state index contributed by atoms with van der Waals surface area (Å²) in [6, 6.07) is 6.35. The Morgan fingerprint density at radius 2 is 1.87 bits per heavy atom. The van der Waals surface area contributed by atoms with E-state index in [2.05, 4.69) is 50.7 Å². The fourth-order valence-corrected chi connectivity index (χ4v) is 4.53. The standard InChI is InChI=1S/C23H27N7O/c1-15-11-17(12-21(27-15)29-9-5-18(14-29)31-3)30-10-6-20-19(16(30)2)13-26-23(28-20)22-24-7-4-8-25-22/h4,7-8,11-13,16,18H,5-6,9-10,14H2,1-3H3. The van der Waals surface area contributed by atoms with Crippen LogP contribution >= 0.6 is 0 Å². The molecule has 8 heteroatoms. The van der Waals surface area contributed by atoms with E-state index in [0.29, 0.717) is 11.6 Å². The van der Waals surface area contributed by atoms with E-state index in [1.54, 1.807) is 25.6 Å². The number of methoxy groups -OCH3 is 1. The van der Waals surface area contributed by atoms with Crippen LogP contribution in [-0.4, -0.2) is 57.8 Å². The minimum atomic E-state index is 0.175. The molecule has 5 heterocycles. The van der Waals surface area contributed by atoms with Crippen LogP contribution in [-0.2, 0) is 11.2 Å². The molecule has 2 aliphatic heterocycles. The first-order valence-electron chi connectivity index (χ1n) is 10.8. The lowest BCUT2D eigenvalue weighted by Gasteiger charge is -2.37. The lowest BCUT2D eigenvalue weighted by Crippen LogP contribution is -2.35. The van der Waals surface area contributed by atoms with Gasteiger partial charge in [0.15, 0.2) is 11.6 Å². The molecule has 1 fully saturated rings. The summed E-state index contributed by atoms with van der Waals surface area (Å²) in [7, 11) is 1.79. The molecule has 0 aliphatic carbocycles. The van der Waals surface area contributed by atoms with Gasteiger partial charge in [-0.2, -0.15) is 0 Å². The highest BCUT2D eigenvalue weighted by Gasteiger charge is 2.28. The molecule has 5 rings (SSSR count). The predicted octanol–water partition coefficient (Wildman–Crippen LogP) is 2.99. The Labute approximate surface area is 182 Å². The van der Waals surface area contributed by atoms with Crippen LogP contribution in [0.4, 0.5) is 11.5 Å². The molecule has 8 nitrogen and oxygen atoms in total. The van der Waals surface area contributed by atoms with Gasteiger partial charge in [0.2, 0.25) is 0 Å². The molecule has 2 aliphatic rings. The third-order valence-electron chi connectivity index (χ3n) is 6.23. The van der Waals surface area contributed by atoms with Gasteiger partial charge < -0.3 is 14.5 Å². The Morgan fingerprint density at radius 1 is 1.03 bits per heavy atom. The van der Waals surface area contributed by atoms with Gasteiger partial charge in [0.1, 0.15) is 5.82 Å². The number of hydrogen-bond acceptors (Lipinski definition) is 8. The van der Waals surface area contributed by atoms with E-state index >= 15 is 0 Å². The lowest BCUT2D eigenvalue weighted by atomic mass is 9.98. The molecule has 0 aromatic carbocycles. The average Bonchev–Trinajstić information content (AvgIpc) is 3.29. The quantitative estimate of drug-likeness (QED) is 0.641. The maximum atomic E-state index is 5.53. The van der Waals surface area contributed by atoms with E-state index < -0.39 is 0 Å². The number of ether oxygens (including phenoxy) is 1. The zero-order valence-corrected chi connectivity index (χ0v) is 18.2. The predicted molar refractivity (Wildman–Crippen MR) is 119 cm³/mol. The van der Waals surface area contributed by atoms with Crippen LogP contribution in [0.5, 0.6) is 0 Å². The minimum absolute atomic E-state index is 0.175. The molecule has 1 saturated heterocycles. The fraction of sp³-hybridized carbons (Fsp3) is 0.435. The average molecular weight is 418 g/mol. The second kappa shape index (κ2) is 8.19. The van der Waals surface area contributed by atoms with Crippen molar-refractivity contribution in [2.75, 3.05) is 36.5 Å². The van der Waals surface area contributed by atoms with Crippen LogP contribution in [0, 0.1) is 6.92 Å². The molecule has 3 aromatic heterocycles. The van der Waals surface area contributed by atoms with Crippen LogP contribution < -0.4 is 9.80 Å². The topological polar surface area (TPSA) is 80.2 Å². The van der Waals surface area contributed by atoms with Crippen LogP contribution in [0.1, 0.15) is 36.3 Å². The monoisotopic (exact) mass is 417 g/mol. The van der Waals surface area contributed by atoms with Gasteiger partial charge in [-0.15, -0.1) is 0 Å². The Morgan fingerprint density at radius 3 is 2.65 bits per heavy atom. The van der Waals surface area contributed by atoms with Gasteiger partial charge in [-0.05, 0) is 32.4 Å². The van der Waals surface area contributed by atoms with Crippen LogP contribution in [0.2, 0.25) is 0 Å². The van der Waals surface area contributed by atoms with Gasteiger partial charge in [0.25, 0.3) is 0 Å². The van der Waals surface area contributed by atoms with Crippen molar-refractivity contribution < 1.29 is 4.74 Å². The lowest BCUT2D eigenvalue weighted by molar-refractivity contribution is 0.121. The Kier molecular flexibility index (Phi) is 5.23. The Bertz CT molecular complexity index is 1070.